The van der Waals surface area contributed by atoms with Gasteiger partial charge in [-0.1, -0.05) is 29.8 Å². The Balaban J connectivity index is 1.40. The second-order valence-corrected chi connectivity index (χ2v) is 7.80. The van der Waals surface area contributed by atoms with Gasteiger partial charge in [0.05, 0.1) is 6.04 Å². The Morgan fingerprint density at radius 1 is 1.21 bits per heavy atom. The summed E-state index contributed by atoms with van der Waals surface area (Å²) < 4.78 is 1.81. The first-order valence-corrected chi connectivity index (χ1v) is 9.71. The van der Waals surface area contributed by atoms with E-state index in [1.807, 2.05) is 35.9 Å². The molecule has 2 aromatic rings. The Morgan fingerprint density at radius 2 is 1.90 bits per heavy atom. The fourth-order valence-corrected chi connectivity index (χ4v) is 3.94. The molecule has 9 nitrogen and oxygen atoms in total. The zero-order chi connectivity index (χ0) is 20.6. The average molecular weight is 396 g/mol. The van der Waals surface area contributed by atoms with E-state index >= 15 is 0 Å². The van der Waals surface area contributed by atoms with E-state index in [4.69, 9.17) is 0 Å². The Kier molecular flexibility index (Phi) is 4.81. The number of benzene rings is 1. The highest BCUT2D eigenvalue weighted by Gasteiger charge is 2.49. The number of aryl methyl sites for hydroxylation is 1. The maximum absolute atomic E-state index is 13.0. The molecule has 1 aromatic carbocycles. The molecule has 9 heteroatoms. The number of imide groups is 1. The lowest BCUT2D eigenvalue weighted by Gasteiger charge is -2.32. The molecule has 1 N–H and O–H groups in total. The van der Waals surface area contributed by atoms with Gasteiger partial charge in [-0.15, -0.1) is 0 Å². The Labute approximate surface area is 168 Å². The number of carbonyl (C=O) groups excluding carboxylic acids is 3. The van der Waals surface area contributed by atoms with Crippen molar-refractivity contribution in [2.45, 2.75) is 38.3 Å². The van der Waals surface area contributed by atoms with E-state index in [0.717, 1.165) is 23.3 Å². The first-order valence-electron chi connectivity index (χ1n) is 9.71. The monoisotopic (exact) mass is 396 g/mol. The SMILES string of the molecule is Cc1ccc(C2(C)NC(=O)N(CC(=O)N3CCC(n4cncn4)CC3)C2=O)cc1. The molecular formula is C20H24N6O3. The van der Waals surface area contributed by atoms with E-state index < -0.39 is 17.5 Å². The molecule has 152 valence electrons. The van der Waals surface area contributed by atoms with E-state index in [0.29, 0.717) is 18.7 Å². The van der Waals surface area contributed by atoms with E-state index in [1.54, 1.807) is 18.2 Å². The minimum Gasteiger partial charge on any atom is -0.341 e. The molecule has 0 saturated carbocycles. The van der Waals surface area contributed by atoms with Crippen LogP contribution in [0.4, 0.5) is 4.79 Å². The van der Waals surface area contributed by atoms with Gasteiger partial charge in [-0.3, -0.25) is 14.5 Å². The highest BCUT2D eigenvalue weighted by atomic mass is 16.2. The lowest BCUT2D eigenvalue weighted by molar-refractivity contribution is -0.139. The van der Waals surface area contributed by atoms with Crippen molar-refractivity contribution < 1.29 is 14.4 Å². The number of nitrogens with zero attached hydrogens (tertiary/aromatic N) is 5. The van der Waals surface area contributed by atoms with Gasteiger partial charge in [0.25, 0.3) is 5.91 Å². The van der Waals surface area contributed by atoms with Crippen molar-refractivity contribution >= 4 is 17.8 Å². The number of hydrogen-bond acceptors (Lipinski definition) is 5. The van der Waals surface area contributed by atoms with Gasteiger partial charge in [-0.2, -0.15) is 5.10 Å². The van der Waals surface area contributed by atoms with Crippen molar-refractivity contribution in [2.24, 2.45) is 0 Å². The number of carbonyl (C=O) groups is 3. The summed E-state index contributed by atoms with van der Waals surface area (Å²) in [7, 11) is 0. The van der Waals surface area contributed by atoms with Crippen LogP contribution in [-0.4, -0.2) is 62.0 Å². The summed E-state index contributed by atoms with van der Waals surface area (Å²) in [6.07, 6.45) is 4.70. The maximum Gasteiger partial charge on any atom is 0.325 e. The van der Waals surface area contributed by atoms with Crippen LogP contribution in [0.25, 0.3) is 0 Å². The Bertz CT molecular complexity index is 918. The third-order valence-corrected chi connectivity index (χ3v) is 5.83. The van der Waals surface area contributed by atoms with Gasteiger partial charge in [0.1, 0.15) is 24.7 Å². The van der Waals surface area contributed by atoms with Crippen LogP contribution in [0.5, 0.6) is 0 Å². The number of aromatic nitrogens is 3. The van der Waals surface area contributed by atoms with Gasteiger partial charge in [0, 0.05) is 13.1 Å². The Hall–Kier alpha value is -3.23. The summed E-state index contributed by atoms with van der Waals surface area (Å²) in [6.45, 7) is 4.49. The molecule has 2 aliphatic rings. The van der Waals surface area contributed by atoms with Crippen LogP contribution in [0.15, 0.2) is 36.9 Å². The number of nitrogens with one attached hydrogen (secondary N) is 1. The third kappa shape index (κ3) is 3.48. The fraction of sp³-hybridized carbons (Fsp3) is 0.450. The molecule has 0 bridgehead atoms. The van der Waals surface area contributed by atoms with Gasteiger partial charge in [0.15, 0.2) is 0 Å². The van der Waals surface area contributed by atoms with Gasteiger partial charge < -0.3 is 10.2 Å². The van der Waals surface area contributed by atoms with Crippen LogP contribution in [0.2, 0.25) is 0 Å². The Morgan fingerprint density at radius 3 is 2.52 bits per heavy atom. The molecule has 1 atom stereocenters. The lowest BCUT2D eigenvalue weighted by atomic mass is 9.91. The highest BCUT2D eigenvalue weighted by molar-refractivity contribution is 6.09. The van der Waals surface area contributed by atoms with Crippen LogP contribution < -0.4 is 5.32 Å². The maximum atomic E-state index is 13.0. The average Bonchev–Trinajstić information content (AvgIpc) is 3.32. The summed E-state index contributed by atoms with van der Waals surface area (Å²) in [5.41, 5.74) is 0.603. The van der Waals surface area contributed by atoms with Crippen LogP contribution in [0.3, 0.4) is 0 Å². The summed E-state index contributed by atoms with van der Waals surface area (Å²) >= 11 is 0. The quantitative estimate of drug-likeness (QED) is 0.783. The van der Waals surface area contributed by atoms with Crippen LogP contribution in [0.1, 0.15) is 36.9 Å². The number of hydrogen-bond donors (Lipinski definition) is 1. The number of likely N-dealkylation sites (tertiary alicyclic amines) is 1. The third-order valence-electron chi connectivity index (χ3n) is 5.83. The summed E-state index contributed by atoms with van der Waals surface area (Å²) in [5, 5.41) is 6.91. The molecule has 1 aromatic heterocycles. The second-order valence-electron chi connectivity index (χ2n) is 7.80. The zero-order valence-electron chi connectivity index (χ0n) is 16.5. The highest BCUT2D eigenvalue weighted by Crippen LogP contribution is 2.29. The molecule has 3 heterocycles. The molecule has 1 unspecified atom stereocenters. The van der Waals surface area contributed by atoms with Gasteiger partial charge in [-0.05, 0) is 32.3 Å². The minimum absolute atomic E-state index is 0.211. The van der Waals surface area contributed by atoms with E-state index in [9.17, 15) is 14.4 Å². The molecule has 4 rings (SSSR count). The second kappa shape index (κ2) is 7.31. The molecule has 0 radical (unpaired) electrons. The topological polar surface area (TPSA) is 100 Å². The van der Waals surface area contributed by atoms with Crippen molar-refractivity contribution in [3.8, 4) is 0 Å². The zero-order valence-corrected chi connectivity index (χ0v) is 16.5. The molecule has 2 fully saturated rings. The molecule has 0 aliphatic carbocycles. The normalized spacial score (nSPS) is 22.8. The minimum atomic E-state index is -1.16. The molecule has 2 aliphatic heterocycles. The largest absolute Gasteiger partial charge is 0.341 e. The van der Waals surface area contributed by atoms with Crippen molar-refractivity contribution in [3.63, 3.8) is 0 Å². The molecule has 0 spiro atoms. The van der Waals surface area contributed by atoms with Crippen molar-refractivity contribution in [1.82, 2.24) is 29.9 Å². The smallest absolute Gasteiger partial charge is 0.325 e. The standard InChI is InChI=1S/C20H24N6O3/c1-14-3-5-15(6-4-14)20(2)18(28)25(19(29)23-20)11-17(27)24-9-7-16(8-10-24)26-13-21-12-22-26/h3-6,12-13,16H,7-11H2,1-2H3,(H,23,29). The van der Waals surface area contributed by atoms with Crippen molar-refractivity contribution in [3.05, 3.63) is 48.0 Å². The fourth-order valence-electron chi connectivity index (χ4n) is 3.94. The molecule has 4 amide bonds. The summed E-state index contributed by atoms with van der Waals surface area (Å²) in [4.78, 5) is 44.9. The van der Waals surface area contributed by atoms with E-state index in [1.165, 1.54) is 6.33 Å². The predicted molar refractivity (Wildman–Crippen MR) is 104 cm³/mol. The van der Waals surface area contributed by atoms with Crippen LogP contribution in [-0.2, 0) is 15.1 Å². The van der Waals surface area contributed by atoms with E-state index in [-0.39, 0.29) is 18.5 Å². The predicted octanol–water partition coefficient (Wildman–Crippen LogP) is 1.22. The van der Waals surface area contributed by atoms with Crippen molar-refractivity contribution in [2.75, 3.05) is 19.6 Å². The summed E-state index contributed by atoms with van der Waals surface area (Å²) in [6, 6.07) is 7.12. The molecule has 2 saturated heterocycles. The van der Waals surface area contributed by atoms with E-state index in [2.05, 4.69) is 15.4 Å². The number of urea groups is 1. The summed E-state index contributed by atoms with van der Waals surface area (Å²) in [5.74, 6) is -0.629. The van der Waals surface area contributed by atoms with Crippen molar-refractivity contribution in [1.29, 1.82) is 0 Å². The van der Waals surface area contributed by atoms with Crippen LogP contribution in [0, 0.1) is 6.92 Å². The molecule has 29 heavy (non-hydrogen) atoms. The number of rotatable bonds is 4. The number of amides is 4. The van der Waals surface area contributed by atoms with Gasteiger partial charge in [0.2, 0.25) is 5.91 Å². The lowest BCUT2D eigenvalue weighted by Crippen LogP contribution is -2.47. The molecular weight excluding hydrogens is 372 g/mol. The first-order chi connectivity index (χ1) is 13.9. The number of piperidine rings is 1. The van der Waals surface area contributed by atoms with Gasteiger partial charge >= 0.3 is 6.03 Å². The first kappa shape index (κ1) is 19.1. The van der Waals surface area contributed by atoms with Crippen LogP contribution >= 0.6 is 0 Å². The van der Waals surface area contributed by atoms with Gasteiger partial charge in [-0.25, -0.2) is 14.5 Å².